The molecule has 16 aromatic rings. The van der Waals surface area contributed by atoms with Crippen molar-refractivity contribution in [2.45, 2.75) is 0 Å². The minimum Gasteiger partial charge on any atom is -0.454 e. The predicted octanol–water partition coefficient (Wildman–Crippen LogP) is 21.6. The number of thiophene rings is 2. The Morgan fingerprint density at radius 3 is 1.30 bits per heavy atom. The highest BCUT2D eigenvalue weighted by Crippen LogP contribution is 2.53. The zero-order valence-corrected chi connectivity index (χ0v) is 42.4. The number of hydrogen-bond acceptors (Lipinski definition) is 6. The summed E-state index contributed by atoms with van der Waals surface area (Å²) in [6.45, 7) is 0. The maximum absolute atomic E-state index is 6.68. The molecule has 76 heavy (non-hydrogen) atoms. The SMILES string of the molecule is c1ccc(-c2c3cc4sc5cc(N(c6ccccc6)c6cccc7c6oc6ccccc67)ccc5c4c(-c4ccccc4)c3cc3c2sc2cc(N(c4ccccc4)c4cccc5c4oc4ccccc45)ccc23)cc1. The lowest BCUT2D eigenvalue weighted by atomic mass is 9.88. The predicted molar refractivity (Wildman–Crippen MR) is 325 cm³/mol. The van der Waals surface area contributed by atoms with Crippen LogP contribution in [0.4, 0.5) is 34.1 Å². The van der Waals surface area contributed by atoms with Gasteiger partial charge in [0.05, 0.1) is 11.4 Å². The van der Waals surface area contributed by atoms with Crippen molar-refractivity contribution in [2.75, 3.05) is 9.80 Å². The molecule has 6 heteroatoms. The maximum atomic E-state index is 6.68. The second kappa shape index (κ2) is 17.0. The Bertz CT molecular complexity index is 4780. The van der Waals surface area contributed by atoms with E-state index in [-0.39, 0.29) is 0 Å². The summed E-state index contributed by atoms with van der Waals surface area (Å²) in [5.41, 5.74) is 14.7. The largest absolute Gasteiger partial charge is 0.454 e. The fraction of sp³-hybridized carbons (Fsp3) is 0. The minimum atomic E-state index is 0.868. The molecule has 0 saturated heterocycles. The highest BCUT2D eigenvalue weighted by Gasteiger charge is 2.26. The van der Waals surface area contributed by atoms with E-state index < -0.39 is 0 Å². The van der Waals surface area contributed by atoms with Gasteiger partial charge in [0.2, 0.25) is 0 Å². The zero-order valence-electron chi connectivity index (χ0n) is 40.8. The molecule has 0 aliphatic heterocycles. The van der Waals surface area contributed by atoms with Crippen LogP contribution in [0.25, 0.3) is 117 Å². The minimum absolute atomic E-state index is 0.868. The van der Waals surface area contributed by atoms with Crippen molar-refractivity contribution in [1.82, 2.24) is 0 Å². The summed E-state index contributed by atoms with van der Waals surface area (Å²) in [5.74, 6) is 0. The molecule has 356 valence electrons. The lowest BCUT2D eigenvalue weighted by Crippen LogP contribution is -2.09. The van der Waals surface area contributed by atoms with Gasteiger partial charge in [-0.05, 0) is 112 Å². The van der Waals surface area contributed by atoms with E-state index in [2.05, 4.69) is 252 Å². The Morgan fingerprint density at radius 1 is 0.276 bits per heavy atom. The molecule has 0 amide bonds. The van der Waals surface area contributed by atoms with Gasteiger partial charge in [0.15, 0.2) is 11.2 Å². The molecule has 4 nitrogen and oxygen atoms in total. The van der Waals surface area contributed by atoms with Gasteiger partial charge in [-0.2, -0.15) is 0 Å². The number of furan rings is 2. The highest BCUT2D eigenvalue weighted by molar-refractivity contribution is 7.27. The smallest absolute Gasteiger partial charge is 0.159 e. The Balaban J connectivity index is 0.933. The molecule has 0 atom stereocenters. The average molecular weight is 1010 g/mol. The molecular weight excluding hydrogens is 965 g/mol. The monoisotopic (exact) mass is 1010 g/mol. The van der Waals surface area contributed by atoms with Crippen LogP contribution in [0.1, 0.15) is 0 Å². The summed E-state index contributed by atoms with van der Waals surface area (Å²) in [5, 5.41) is 11.9. The van der Waals surface area contributed by atoms with Gasteiger partial charge in [0.25, 0.3) is 0 Å². The summed E-state index contributed by atoms with van der Waals surface area (Å²) in [4.78, 5) is 4.69. The Labute approximate surface area is 444 Å². The van der Waals surface area contributed by atoms with Gasteiger partial charge in [-0.1, -0.05) is 170 Å². The van der Waals surface area contributed by atoms with Crippen LogP contribution < -0.4 is 9.80 Å². The third-order valence-corrected chi connectivity index (χ3v) is 17.5. The molecule has 16 rings (SSSR count). The molecule has 0 saturated carbocycles. The van der Waals surface area contributed by atoms with Crippen molar-refractivity contribution in [3.63, 3.8) is 0 Å². The number of anilines is 6. The van der Waals surface area contributed by atoms with Crippen LogP contribution in [0.3, 0.4) is 0 Å². The normalized spacial score (nSPS) is 11.9. The standard InChI is InChI=1S/C70H42N2O2S2/c1-5-19-43(20-6-1)65-55-41-57-51-37-35-47(71(45-23-9-3-10-24-45)58-31-17-29-52-49-27-13-15-33-60(49)73-68(52)58)39-62(51)76-70(57)66(44-21-7-2-8-22-44)56(55)42-64-67(65)54-38-36-48(40-63(54)75-64)72(46-25-11-4-12-26-46)59-32-18-30-53-50-28-14-16-34-61(50)74-69(53)59/h1-42H. The Morgan fingerprint density at radius 2 is 0.737 bits per heavy atom. The van der Waals surface area contributed by atoms with Crippen LogP contribution in [0, 0.1) is 0 Å². The van der Waals surface area contributed by atoms with Gasteiger partial charge in [-0.25, -0.2) is 0 Å². The quantitative estimate of drug-likeness (QED) is 0.152. The van der Waals surface area contributed by atoms with Crippen molar-refractivity contribution in [3.05, 3.63) is 255 Å². The van der Waals surface area contributed by atoms with E-state index in [1.54, 1.807) is 0 Å². The third kappa shape index (κ3) is 6.61. The molecule has 12 aromatic carbocycles. The topological polar surface area (TPSA) is 32.8 Å². The van der Waals surface area contributed by atoms with Crippen molar-refractivity contribution >= 4 is 152 Å². The number of rotatable bonds is 8. The first-order valence-electron chi connectivity index (χ1n) is 25.6. The zero-order chi connectivity index (χ0) is 49.8. The van der Waals surface area contributed by atoms with Crippen LogP contribution in [-0.2, 0) is 0 Å². The maximum Gasteiger partial charge on any atom is 0.159 e. The molecule has 0 bridgehead atoms. The van der Waals surface area contributed by atoms with E-state index >= 15 is 0 Å². The van der Waals surface area contributed by atoms with Gasteiger partial charge >= 0.3 is 0 Å². The number of nitrogens with zero attached hydrogens (tertiary/aromatic N) is 2. The third-order valence-electron chi connectivity index (χ3n) is 15.2. The first kappa shape index (κ1) is 43.0. The second-order valence-electron chi connectivity index (χ2n) is 19.5. The molecule has 0 unspecified atom stereocenters. The van der Waals surface area contributed by atoms with E-state index in [0.29, 0.717) is 0 Å². The number of fused-ring (bicyclic) bond motifs is 13. The molecular formula is C70H42N2O2S2. The molecule has 0 radical (unpaired) electrons. The van der Waals surface area contributed by atoms with Crippen molar-refractivity contribution < 1.29 is 8.83 Å². The molecule has 4 heterocycles. The van der Waals surface area contributed by atoms with Gasteiger partial charge < -0.3 is 18.6 Å². The Kier molecular flexibility index (Phi) is 9.64. The van der Waals surface area contributed by atoms with Crippen LogP contribution in [0.5, 0.6) is 0 Å². The van der Waals surface area contributed by atoms with Crippen LogP contribution in [0.15, 0.2) is 264 Å². The summed E-state index contributed by atoms with van der Waals surface area (Å²) in [6.07, 6.45) is 0. The van der Waals surface area contributed by atoms with Crippen LogP contribution in [-0.4, -0.2) is 0 Å². The van der Waals surface area contributed by atoms with Crippen molar-refractivity contribution in [1.29, 1.82) is 0 Å². The van der Waals surface area contributed by atoms with Gasteiger partial charge in [-0.3, -0.25) is 0 Å². The highest BCUT2D eigenvalue weighted by atomic mass is 32.1. The summed E-state index contributed by atoms with van der Waals surface area (Å²) < 4.78 is 18.3. The number of benzene rings is 12. The first-order chi connectivity index (χ1) is 37.7. The average Bonchev–Trinajstić information content (AvgIpc) is 4.37. The van der Waals surface area contributed by atoms with E-state index in [1.165, 1.54) is 73.4 Å². The number of para-hydroxylation sites is 6. The van der Waals surface area contributed by atoms with E-state index in [9.17, 15) is 0 Å². The lowest BCUT2D eigenvalue weighted by molar-refractivity contribution is 0.668. The van der Waals surface area contributed by atoms with Gasteiger partial charge in [0.1, 0.15) is 11.2 Å². The van der Waals surface area contributed by atoms with Gasteiger partial charge in [-0.15, -0.1) is 22.7 Å². The van der Waals surface area contributed by atoms with Crippen LogP contribution in [0.2, 0.25) is 0 Å². The van der Waals surface area contributed by atoms with Gasteiger partial charge in [0, 0.05) is 90.2 Å². The van der Waals surface area contributed by atoms with E-state index in [0.717, 1.165) is 78.0 Å². The lowest BCUT2D eigenvalue weighted by Gasteiger charge is -2.25. The fourth-order valence-electron chi connectivity index (χ4n) is 11.9. The molecule has 4 aromatic heterocycles. The van der Waals surface area contributed by atoms with E-state index in [1.807, 2.05) is 34.8 Å². The molecule has 0 N–H and O–H groups in total. The number of hydrogen-bond donors (Lipinski definition) is 0. The molecule has 0 aliphatic carbocycles. The molecule has 0 aliphatic rings. The fourth-order valence-corrected chi connectivity index (χ4v) is 14.4. The summed E-state index contributed by atoms with van der Waals surface area (Å²) in [7, 11) is 0. The molecule has 0 spiro atoms. The first-order valence-corrected chi connectivity index (χ1v) is 27.3. The second-order valence-corrected chi connectivity index (χ2v) is 21.6. The van der Waals surface area contributed by atoms with E-state index in [4.69, 9.17) is 8.83 Å². The summed E-state index contributed by atoms with van der Waals surface area (Å²) in [6, 6.07) is 92.0. The molecule has 0 fully saturated rings. The Hall–Kier alpha value is -9.46. The van der Waals surface area contributed by atoms with Crippen molar-refractivity contribution in [2.24, 2.45) is 0 Å². The van der Waals surface area contributed by atoms with Crippen molar-refractivity contribution in [3.8, 4) is 22.3 Å². The summed E-state index contributed by atoms with van der Waals surface area (Å²) >= 11 is 3.75. The van der Waals surface area contributed by atoms with Crippen LogP contribution >= 0.6 is 22.7 Å².